The minimum absolute atomic E-state index is 0.0735. The molecule has 0 aliphatic carbocycles. The minimum Gasteiger partial charge on any atom is -0.495 e. The number of carbonyl (C=O) groups is 2. The van der Waals surface area contributed by atoms with E-state index in [-0.39, 0.29) is 17.7 Å². The number of carbonyl (C=O) groups excluding carboxylic acids is 2. The molecule has 0 N–H and O–H groups in total. The Morgan fingerprint density at radius 2 is 1.67 bits per heavy atom. The molecule has 0 spiro atoms. The highest BCUT2D eigenvalue weighted by molar-refractivity contribution is 6.32. The summed E-state index contributed by atoms with van der Waals surface area (Å²) >= 11 is 6.11. The lowest BCUT2D eigenvalue weighted by Gasteiger charge is -2.30. The van der Waals surface area contributed by atoms with Gasteiger partial charge in [-0.05, 0) is 30.7 Å². The molecule has 3 rings (SSSR count). The van der Waals surface area contributed by atoms with E-state index in [9.17, 15) is 9.59 Å². The van der Waals surface area contributed by atoms with Crippen molar-refractivity contribution >= 4 is 29.1 Å². The zero-order valence-corrected chi connectivity index (χ0v) is 14.3. The molecule has 0 atom stereocenters. The summed E-state index contributed by atoms with van der Waals surface area (Å²) < 4.78 is 5.11. The number of piperidine rings is 1. The van der Waals surface area contributed by atoms with E-state index in [0.717, 1.165) is 11.1 Å². The van der Waals surface area contributed by atoms with Crippen molar-refractivity contribution in [2.24, 2.45) is 0 Å². The zero-order chi connectivity index (χ0) is 17.3. The van der Waals surface area contributed by atoms with E-state index in [0.29, 0.717) is 29.3 Å². The zero-order valence-electron chi connectivity index (χ0n) is 13.6. The Balaban J connectivity index is 1.83. The van der Waals surface area contributed by atoms with Crippen molar-refractivity contribution in [2.75, 3.05) is 12.0 Å². The predicted molar refractivity (Wildman–Crippen MR) is 93.7 cm³/mol. The second-order valence-electron chi connectivity index (χ2n) is 5.96. The Kier molecular flexibility index (Phi) is 4.58. The third-order valence-electron chi connectivity index (χ3n) is 4.28. The van der Waals surface area contributed by atoms with Crippen molar-refractivity contribution in [1.29, 1.82) is 0 Å². The summed E-state index contributed by atoms with van der Waals surface area (Å²) in [5.41, 5.74) is 2.66. The Morgan fingerprint density at radius 1 is 1.04 bits per heavy atom. The van der Waals surface area contributed by atoms with Gasteiger partial charge in [-0.15, -0.1) is 0 Å². The van der Waals surface area contributed by atoms with Gasteiger partial charge in [-0.25, -0.2) is 0 Å². The number of aryl methyl sites for hydroxylation is 1. The molecule has 1 aliphatic heterocycles. The van der Waals surface area contributed by atoms with E-state index >= 15 is 0 Å². The summed E-state index contributed by atoms with van der Waals surface area (Å²) in [6, 6.07) is 12.9. The van der Waals surface area contributed by atoms with Crippen LogP contribution in [0.3, 0.4) is 0 Å². The fourth-order valence-corrected chi connectivity index (χ4v) is 3.22. The number of halogens is 1. The van der Waals surface area contributed by atoms with Gasteiger partial charge in [0.2, 0.25) is 11.8 Å². The van der Waals surface area contributed by atoms with Gasteiger partial charge < -0.3 is 4.74 Å². The van der Waals surface area contributed by atoms with Crippen molar-refractivity contribution in [3.63, 3.8) is 0 Å². The molecule has 0 saturated carbocycles. The predicted octanol–water partition coefficient (Wildman–Crippen LogP) is 4.09. The van der Waals surface area contributed by atoms with E-state index in [4.69, 9.17) is 16.3 Å². The summed E-state index contributed by atoms with van der Waals surface area (Å²) in [5, 5.41) is 0.372. The van der Waals surface area contributed by atoms with Crippen molar-refractivity contribution in [3.05, 3.63) is 58.6 Å². The number of ether oxygens (including phenoxy) is 1. The van der Waals surface area contributed by atoms with E-state index in [2.05, 4.69) is 0 Å². The van der Waals surface area contributed by atoms with Crippen LogP contribution in [0.1, 0.15) is 29.9 Å². The van der Waals surface area contributed by atoms with Gasteiger partial charge in [0, 0.05) is 18.8 Å². The Bertz CT molecular complexity index is 768. The molecule has 1 fully saturated rings. The quantitative estimate of drug-likeness (QED) is 0.788. The lowest BCUT2D eigenvalue weighted by atomic mass is 9.88. The molecule has 0 unspecified atom stereocenters. The van der Waals surface area contributed by atoms with Crippen LogP contribution in [0.2, 0.25) is 5.02 Å². The fourth-order valence-electron chi connectivity index (χ4n) is 2.97. The first-order valence-corrected chi connectivity index (χ1v) is 8.13. The molecule has 124 valence electrons. The highest BCUT2D eigenvalue weighted by atomic mass is 35.5. The molecule has 4 nitrogen and oxygen atoms in total. The second-order valence-corrected chi connectivity index (χ2v) is 6.36. The number of amides is 2. The molecule has 2 aromatic rings. The van der Waals surface area contributed by atoms with Gasteiger partial charge in [-0.2, -0.15) is 0 Å². The lowest BCUT2D eigenvalue weighted by Crippen LogP contribution is -2.42. The van der Waals surface area contributed by atoms with Crippen molar-refractivity contribution < 1.29 is 14.3 Å². The number of imide groups is 1. The monoisotopic (exact) mass is 343 g/mol. The smallest absolute Gasteiger partial charge is 0.234 e. The molecule has 2 amide bonds. The average Bonchev–Trinajstić information content (AvgIpc) is 2.55. The Hall–Kier alpha value is -2.33. The van der Waals surface area contributed by atoms with Gasteiger partial charge in [0.1, 0.15) is 5.75 Å². The first-order valence-electron chi connectivity index (χ1n) is 7.75. The van der Waals surface area contributed by atoms with Crippen LogP contribution in [0.15, 0.2) is 42.5 Å². The van der Waals surface area contributed by atoms with E-state index in [1.54, 1.807) is 18.2 Å². The first-order chi connectivity index (χ1) is 11.5. The number of rotatable bonds is 3. The highest BCUT2D eigenvalue weighted by Gasteiger charge is 2.34. The molecule has 24 heavy (non-hydrogen) atoms. The van der Waals surface area contributed by atoms with Crippen molar-refractivity contribution in [2.45, 2.75) is 25.7 Å². The normalized spacial score (nSPS) is 15.7. The molecular formula is C19H18ClNO3. The van der Waals surface area contributed by atoms with E-state index in [1.807, 2.05) is 31.2 Å². The minimum atomic E-state index is -0.210. The number of nitrogens with zero attached hydrogens (tertiary/aromatic N) is 1. The molecule has 1 aliphatic rings. The highest BCUT2D eigenvalue weighted by Crippen LogP contribution is 2.35. The summed E-state index contributed by atoms with van der Waals surface area (Å²) in [4.78, 5) is 26.3. The van der Waals surface area contributed by atoms with Crippen LogP contribution >= 0.6 is 11.6 Å². The number of benzene rings is 2. The van der Waals surface area contributed by atoms with E-state index < -0.39 is 0 Å². The fraction of sp³-hybridized carbons (Fsp3) is 0.263. The third kappa shape index (κ3) is 3.15. The van der Waals surface area contributed by atoms with Crippen LogP contribution in [0.25, 0.3) is 0 Å². The van der Waals surface area contributed by atoms with Gasteiger partial charge in [0.05, 0.1) is 17.8 Å². The topological polar surface area (TPSA) is 46.6 Å². The number of hydrogen-bond acceptors (Lipinski definition) is 3. The van der Waals surface area contributed by atoms with Gasteiger partial charge in [-0.3, -0.25) is 14.5 Å². The maximum absolute atomic E-state index is 12.6. The molecule has 2 aromatic carbocycles. The Morgan fingerprint density at radius 3 is 2.21 bits per heavy atom. The molecule has 0 aromatic heterocycles. The summed E-state index contributed by atoms with van der Waals surface area (Å²) in [7, 11) is 1.52. The Labute approximate surface area is 146 Å². The maximum Gasteiger partial charge on any atom is 0.234 e. The summed E-state index contributed by atoms with van der Waals surface area (Å²) in [5.74, 6) is 0.0153. The molecule has 0 bridgehead atoms. The third-order valence-corrected chi connectivity index (χ3v) is 4.58. The maximum atomic E-state index is 12.6. The number of hydrogen-bond donors (Lipinski definition) is 0. The van der Waals surface area contributed by atoms with Crippen molar-refractivity contribution in [3.8, 4) is 5.75 Å². The van der Waals surface area contributed by atoms with Crippen LogP contribution in [0, 0.1) is 6.92 Å². The summed E-state index contributed by atoms with van der Waals surface area (Å²) in [6.07, 6.45) is 0.608. The van der Waals surface area contributed by atoms with Crippen LogP contribution in [-0.4, -0.2) is 18.9 Å². The van der Waals surface area contributed by atoms with E-state index in [1.165, 1.54) is 12.0 Å². The van der Waals surface area contributed by atoms with Gasteiger partial charge in [0.15, 0.2) is 0 Å². The molecular weight excluding hydrogens is 326 g/mol. The lowest BCUT2D eigenvalue weighted by molar-refractivity contribution is -0.129. The largest absolute Gasteiger partial charge is 0.495 e. The second kappa shape index (κ2) is 6.65. The molecule has 0 radical (unpaired) electrons. The van der Waals surface area contributed by atoms with Gasteiger partial charge in [-0.1, -0.05) is 41.4 Å². The van der Waals surface area contributed by atoms with Crippen LogP contribution in [0.5, 0.6) is 5.75 Å². The van der Waals surface area contributed by atoms with Gasteiger partial charge >= 0.3 is 0 Å². The van der Waals surface area contributed by atoms with Gasteiger partial charge in [0.25, 0.3) is 0 Å². The standard InChI is InChI=1S/C19H18ClNO3/c1-12-3-5-13(6-4-12)14-9-18(22)21(19(23)10-14)15-7-8-17(24-2)16(20)11-15/h3-8,11,14H,9-10H2,1-2H3. The van der Waals surface area contributed by atoms with Crippen LogP contribution in [-0.2, 0) is 9.59 Å². The first kappa shape index (κ1) is 16.5. The molecule has 1 heterocycles. The summed E-state index contributed by atoms with van der Waals surface area (Å²) in [6.45, 7) is 2.01. The number of methoxy groups -OCH3 is 1. The van der Waals surface area contributed by atoms with Crippen LogP contribution in [0.4, 0.5) is 5.69 Å². The average molecular weight is 344 g/mol. The molecule has 1 saturated heterocycles. The SMILES string of the molecule is COc1ccc(N2C(=O)CC(c3ccc(C)cc3)CC2=O)cc1Cl. The molecule has 5 heteroatoms. The van der Waals surface area contributed by atoms with Crippen LogP contribution < -0.4 is 9.64 Å². The number of anilines is 1. The van der Waals surface area contributed by atoms with Crippen molar-refractivity contribution in [1.82, 2.24) is 0 Å².